The summed E-state index contributed by atoms with van der Waals surface area (Å²) >= 11 is 1.18. The highest BCUT2D eigenvalue weighted by Gasteiger charge is 2.33. The number of nitro groups is 1. The Bertz CT molecular complexity index is 1520. The number of allylic oxidation sites excluding steroid dienone is 1. The summed E-state index contributed by atoms with van der Waals surface area (Å²) in [5.41, 5.74) is 1.65. The van der Waals surface area contributed by atoms with Crippen LogP contribution in [0.4, 0.5) is 5.69 Å². The van der Waals surface area contributed by atoms with Crippen molar-refractivity contribution in [1.29, 1.82) is 0 Å². The van der Waals surface area contributed by atoms with Crippen molar-refractivity contribution >= 4 is 29.1 Å². The number of fused-ring (bicyclic) bond motifs is 1. The van der Waals surface area contributed by atoms with Gasteiger partial charge in [0.1, 0.15) is 12.4 Å². The molecule has 10 nitrogen and oxygen atoms in total. The van der Waals surface area contributed by atoms with Gasteiger partial charge in [-0.05, 0) is 55.3 Å². The third-order valence-corrected chi connectivity index (χ3v) is 6.65. The zero-order chi connectivity index (χ0) is 26.5. The van der Waals surface area contributed by atoms with Gasteiger partial charge in [-0.2, -0.15) is 0 Å². The quantitative estimate of drug-likeness (QED) is 0.183. The van der Waals surface area contributed by atoms with Crippen molar-refractivity contribution in [3.8, 4) is 5.75 Å². The van der Waals surface area contributed by atoms with Crippen LogP contribution in [0.5, 0.6) is 5.75 Å². The molecule has 3 aromatic rings. The van der Waals surface area contributed by atoms with Gasteiger partial charge in [0.05, 0.1) is 40.0 Å². The first kappa shape index (κ1) is 26.0. The molecule has 1 aliphatic rings. The molecule has 0 aliphatic carbocycles. The summed E-state index contributed by atoms with van der Waals surface area (Å²) in [6.07, 6.45) is 1.65. The van der Waals surface area contributed by atoms with Gasteiger partial charge in [-0.1, -0.05) is 23.5 Å². The van der Waals surface area contributed by atoms with Crippen molar-refractivity contribution in [2.45, 2.75) is 19.9 Å². The van der Waals surface area contributed by atoms with E-state index >= 15 is 0 Å². The number of nitrogens with zero attached hydrogens (tertiary/aromatic N) is 3. The molecule has 1 unspecified atom stereocenters. The summed E-state index contributed by atoms with van der Waals surface area (Å²) in [5.74, 6) is 0.0867. The Hall–Kier alpha value is -4.09. The Balaban J connectivity index is 1.84. The van der Waals surface area contributed by atoms with Gasteiger partial charge in [-0.25, -0.2) is 9.79 Å². The maximum absolute atomic E-state index is 13.6. The number of hydrogen-bond acceptors (Lipinski definition) is 9. The molecule has 2 heterocycles. The van der Waals surface area contributed by atoms with Crippen LogP contribution < -0.4 is 19.6 Å². The minimum Gasteiger partial charge on any atom is -0.494 e. The summed E-state index contributed by atoms with van der Waals surface area (Å²) in [4.78, 5) is 42.2. The van der Waals surface area contributed by atoms with E-state index in [1.807, 2.05) is 19.1 Å². The van der Waals surface area contributed by atoms with Gasteiger partial charge in [0.2, 0.25) is 0 Å². The largest absolute Gasteiger partial charge is 0.494 e. The summed E-state index contributed by atoms with van der Waals surface area (Å²) in [7, 11) is 1.51. The molecule has 0 saturated heterocycles. The second-order valence-electron chi connectivity index (χ2n) is 8.06. The number of aromatic nitrogens is 1. The lowest BCUT2D eigenvalue weighted by molar-refractivity contribution is -0.384. The Labute approximate surface area is 215 Å². The van der Waals surface area contributed by atoms with E-state index in [1.54, 1.807) is 37.3 Å². The molecule has 0 amide bonds. The maximum atomic E-state index is 13.6. The number of nitro benzene ring substituents is 1. The van der Waals surface area contributed by atoms with Gasteiger partial charge < -0.3 is 14.2 Å². The Morgan fingerprint density at radius 3 is 2.49 bits per heavy atom. The van der Waals surface area contributed by atoms with Crippen molar-refractivity contribution in [3.05, 3.63) is 101 Å². The molecule has 0 N–H and O–H groups in total. The lowest BCUT2D eigenvalue weighted by Crippen LogP contribution is -2.40. The maximum Gasteiger partial charge on any atom is 0.338 e. The molecule has 0 radical (unpaired) electrons. The van der Waals surface area contributed by atoms with Gasteiger partial charge in [-0.15, -0.1) is 0 Å². The van der Waals surface area contributed by atoms with E-state index in [9.17, 15) is 19.7 Å². The van der Waals surface area contributed by atoms with Gasteiger partial charge in [0.15, 0.2) is 4.80 Å². The van der Waals surface area contributed by atoms with Crippen LogP contribution in [-0.2, 0) is 14.3 Å². The van der Waals surface area contributed by atoms with Crippen LogP contribution in [0.1, 0.15) is 31.0 Å². The average Bonchev–Trinajstić information content (AvgIpc) is 3.18. The van der Waals surface area contributed by atoms with E-state index in [-0.39, 0.29) is 30.0 Å². The molecule has 11 heteroatoms. The van der Waals surface area contributed by atoms with E-state index in [4.69, 9.17) is 14.2 Å². The van der Waals surface area contributed by atoms with Gasteiger partial charge in [-0.3, -0.25) is 19.5 Å². The number of benzene rings is 2. The van der Waals surface area contributed by atoms with Crippen LogP contribution in [0.3, 0.4) is 0 Å². The fraction of sp³-hybridized carbons (Fsp3) is 0.269. The molecule has 2 aromatic carbocycles. The number of esters is 1. The summed E-state index contributed by atoms with van der Waals surface area (Å²) < 4.78 is 17.8. The summed E-state index contributed by atoms with van der Waals surface area (Å²) in [5, 5.41) is 11.0. The van der Waals surface area contributed by atoms with Crippen molar-refractivity contribution < 1.29 is 23.9 Å². The van der Waals surface area contributed by atoms with Crippen LogP contribution in [-0.4, -0.2) is 42.4 Å². The molecule has 1 aliphatic heterocycles. The number of carbonyl (C=O) groups excluding carboxylic acids is 1. The highest BCUT2D eigenvalue weighted by Crippen LogP contribution is 2.31. The Morgan fingerprint density at radius 1 is 1.16 bits per heavy atom. The molecular weight excluding hydrogens is 498 g/mol. The van der Waals surface area contributed by atoms with E-state index < -0.39 is 16.9 Å². The molecule has 0 bridgehead atoms. The normalized spacial score (nSPS) is 15.2. The van der Waals surface area contributed by atoms with Crippen molar-refractivity contribution in [1.82, 2.24) is 4.57 Å². The van der Waals surface area contributed by atoms with Gasteiger partial charge in [0, 0.05) is 19.2 Å². The predicted molar refractivity (Wildman–Crippen MR) is 137 cm³/mol. The third kappa shape index (κ3) is 5.52. The minimum atomic E-state index is -0.763. The van der Waals surface area contributed by atoms with Crippen molar-refractivity contribution in [2.75, 3.05) is 26.9 Å². The summed E-state index contributed by atoms with van der Waals surface area (Å²) in [6.45, 7) is 4.40. The number of rotatable bonds is 9. The lowest BCUT2D eigenvalue weighted by atomic mass is 9.96. The number of carbonyl (C=O) groups is 1. The lowest BCUT2D eigenvalue weighted by Gasteiger charge is -2.25. The number of methoxy groups -OCH3 is 1. The van der Waals surface area contributed by atoms with E-state index in [0.29, 0.717) is 38.5 Å². The number of ether oxygens (including phenoxy) is 3. The first-order chi connectivity index (χ1) is 17.8. The molecule has 1 atom stereocenters. The molecule has 0 fully saturated rings. The summed E-state index contributed by atoms with van der Waals surface area (Å²) in [6, 6.07) is 12.3. The number of non-ortho nitro benzene ring substituents is 1. The van der Waals surface area contributed by atoms with E-state index in [2.05, 4.69) is 4.99 Å². The van der Waals surface area contributed by atoms with Crippen LogP contribution in [0, 0.1) is 10.1 Å². The zero-order valence-electron chi connectivity index (χ0n) is 20.5. The first-order valence-corrected chi connectivity index (χ1v) is 12.3. The van der Waals surface area contributed by atoms with Crippen LogP contribution >= 0.6 is 11.3 Å². The highest BCUT2D eigenvalue weighted by molar-refractivity contribution is 7.07. The molecule has 37 heavy (non-hydrogen) atoms. The molecule has 0 saturated carbocycles. The topological polar surface area (TPSA) is 122 Å². The van der Waals surface area contributed by atoms with Gasteiger partial charge >= 0.3 is 5.97 Å². The van der Waals surface area contributed by atoms with Crippen LogP contribution in [0.15, 0.2) is 69.6 Å². The predicted octanol–water partition coefficient (Wildman–Crippen LogP) is 2.73. The second-order valence-corrected chi connectivity index (χ2v) is 9.07. The molecule has 4 rings (SSSR count). The molecule has 0 spiro atoms. The molecular formula is C26H25N3O7S. The monoisotopic (exact) mass is 523 g/mol. The third-order valence-electron chi connectivity index (χ3n) is 5.67. The highest BCUT2D eigenvalue weighted by atomic mass is 32.1. The first-order valence-electron chi connectivity index (χ1n) is 11.5. The SMILES string of the molecule is CCOc1ccc(C2C(C(=O)OCCOC)=C(C)N=c3sc(=Cc4ccc([N+](=O)[O-])cc4)c(=O)n32)cc1. The molecule has 192 valence electrons. The smallest absolute Gasteiger partial charge is 0.338 e. The standard InChI is InChI=1S/C26H25N3O7S/c1-4-35-20-11-7-18(8-12-20)23-22(25(31)36-14-13-34-3)16(2)27-26-28(23)24(30)21(37-26)15-17-5-9-19(10-6-17)29(32)33/h5-12,15,23H,4,13-14H2,1-3H3. The van der Waals surface area contributed by atoms with Gasteiger partial charge in [0.25, 0.3) is 11.2 Å². The Morgan fingerprint density at radius 2 is 1.86 bits per heavy atom. The van der Waals surface area contributed by atoms with Crippen molar-refractivity contribution in [3.63, 3.8) is 0 Å². The zero-order valence-corrected chi connectivity index (χ0v) is 21.3. The van der Waals surface area contributed by atoms with Crippen molar-refractivity contribution in [2.24, 2.45) is 4.99 Å². The van der Waals surface area contributed by atoms with E-state index in [1.165, 1.54) is 35.1 Å². The minimum absolute atomic E-state index is 0.0404. The average molecular weight is 524 g/mol. The van der Waals surface area contributed by atoms with Crippen LogP contribution in [0.25, 0.3) is 6.08 Å². The fourth-order valence-corrected chi connectivity index (χ4v) is 5.00. The number of thiazole rings is 1. The second kappa shape index (κ2) is 11.3. The fourth-order valence-electron chi connectivity index (χ4n) is 3.95. The number of hydrogen-bond donors (Lipinski definition) is 0. The van der Waals surface area contributed by atoms with Crippen LogP contribution in [0.2, 0.25) is 0 Å². The molecule has 1 aromatic heterocycles. The van der Waals surface area contributed by atoms with E-state index in [0.717, 1.165) is 0 Å². The Kier molecular flexibility index (Phi) is 7.95.